The molecular weight excluding hydrogens is 402 g/mol. The van der Waals surface area contributed by atoms with Crippen molar-refractivity contribution in [1.82, 2.24) is 4.90 Å². The maximum atomic E-state index is 12.6. The molecule has 0 aliphatic carbocycles. The van der Waals surface area contributed by atoms with Crippen LogP contribution in [0.2, 0.25) is 0 Å². The number of hydrogen-bond acceptors (Lipinski definition) is 8. The number of esters is 2. The molecular formula is C23H31NO7. The number of hydrogen-bond donors (Lipinski definition) is 1. The van der Waals surface area contributed by atoms with Crippen LogP contribution >= 0.6 is 0 Å². The predicted molar refractivity (Wildman–Crippen MR) is 113 cm³/mol. The largest absolute Gasteiger partial charge is 0.507 e. The van der Waals surface area contributed by atoms with E-state index in [0.717, 1.165) is 0 Å². The number of benzene rings is 1. The van der Waals surface area contributed by atoms with E-state index >= 15 is 0 Å². The van der Waals surface area contributed by atoms with E-state index in [9.17, 15) is 14.7 Å². The molecule has 1 saturated heterocycles. The summed E-state index contributed by atoms with van der Waals surface area (Å²) in [4.78, 5) is 24.0. The Morgan fingerprint density at radius 3 is 2.81 bits per heavy atom. The molecule has 1 N–H and O–H groups in total. The summed E-state index contributed by atoms with van der Waals surface area (Å²) in [6, 6.07) is 0. The van der Waals surface area contributed by atoms with Crippen molar-refractivity contribution in [1.29, 1.82) is 0 Å². The van der Waals surface area contributed by atoms with Crippen LogP contribution in [-0.4, -0.2) is 68.2 Å². The minimum Gasteiger partial charge on any atom is -0.507 e. The van der Waals surface area contributed by atoms with Crippen molar-refractivity contribution in [2.45, 2.75) is 39.7 Å². The molecule has 1 aromatic carbocycles. The quantitative estimate of drug-likeness (QED) is 0.458. The molecule has 8 nitrogen and oxygen atoms in total. The number of carbonyl (C=O) groups excluding carboxylic acids is 2. The fourth-order valence-corrected chi connectivity index (χ4v) is 3.13. The summed E-state index contributed by atoms with van der Waals surface area (Å²) in [5.74, 6) is -1.97. The molecule has 2 heterocycles. The van der Waals surface area contributed by atoms with Crippen LogP contribution in [0.3, 0.4) is 0 Å². The molecule has 2 aliphatic rings. The molecule has 0 amide bonds. The third-order valence-electron chi connectivity index (χ3n) is 4.77. The molecule has 0 spiro atoms. The number of phenolic OH excluding ortho intramolecular Hbond substituents is 1. The maximum Gasteiger partial charge on any atom is 0.342 e. The Labute approximate surface area is 199 Å². The van der Waals surface area contributed by atoms with Gasteiger partial charge in [0.1, 0.15) is 30.2 Å². The average Bonchev–Trinajstić information content (AvgIpc) is 3.23. The third kappa shape index (κ3) is 5.57. The molecule has 170 valence electrons. The number of nitrogens with zero attached hydrogens (tertiary/aromatic N) is 1. The van der Waals surface area contributed by atoms with Crippen LogP contribution in [0.1, 0.15) is 63.3 Å². The summed E-state index contributed by atoms with van der Waals surface area (Å²) < 4.78 is 115. The number of rotatable bonds is 9. The summed E-state index contributed by atoms with van der Waals surface area (Å²) in [5, 5.41) is 10.7. The second-order valence-corrected chi connectivity index (χ2v) is 6.72. The number of morpholine rings is 1. The monoisotopic (exact) mass is 445 g/mol. The fourth-order valence-electron chi connectivity index (χ4n) is 3.13. The van der Waals surface area contributed by atoms with Gasteiger partial charge in [0, 0.05) is 45.3 Å². The number of carbonyl (C=O) groups is 2. The predicted octanol–water partition coefficient (Wildman–Crippen LogP) is 2.52. The molecule has 8 heteroatoms. The first-order valence-electron chi connectivity index (χ1n) is 15.3. The van der Waals surface area contributed by atoms with E-state index in [4.69, 9.17) is 25.9 Å². The number of aromatic hydroxyl groups is 1. The van der Waals surface area contributed by atoms with Crippen molar-refractivity contribution >= 4 is 11.9 Å². The summed E-state index contributed by atoms with van der Waals surface area (Å²) in [6.07, 6.45) is 1.08. The Bertz CT molecular complexity index is 1320. The van der Waals surface area contributed by atoms with Crippen LogP contribution in [0.25, 0.3) is 0 Å². The molecule has 3 rings (SSSR count). The Balaban J connectivity index is 1.77. The summed E-state index contributed by atoms with van der Waals surface area (Å²) >= 11 is 0. The van der Waals surface area contributed by atoms with Crippen molar-refractivity contribution in [2.24, 2.45) is 0 Å². The lowest BCUT2D eigenvalue weighted by molar-refractivity contribution is -0.144. The van der Waals surface area contributed by atoms with E-state index in [0.29, 0.717) is 22.4 Å². The first-order valence-corrected chi connectivity index (χ1v) is 9.34. The zero-order valence-corrected chi connectivity index (χ0v) is 17.2. The topological polar surface area (TPSA) is 94.5 Å². The van der Waals surface area contributed by atoms with Crippen LogP contribution in [0.15, 0.2) is 11.6 Å². The van der Waals surface area contributed by atoms with Crippen LogP contribution in [-0.2, 0) is 32.0 Å². The van der Waals surface area contributed by atoms with Crippen molar-refractivity contribution in [3.63, 3.8) is 0 Å². The van der Waals surface area contributed by atoms with Crippen molar-refractivity contribution in [3.05, 3.63) is 33.9 Å². The van der Waals surface area contributed by atoms with Gasteiger partial charge in [-0.05, 0) is 32.3 Å². The van der Waals surface area contributed by atoms with Crippen LogP contribution in [0.4, 0.5) is 0 Å². The maximum absolute atomic E-state index is 12.6. The summed E-state index contributed by atoms with van der Waals surface area (Å²) in [6.45, 7) is -19.3. The van der Waals surface area contributed by atoms with Crippen LogP contribution in [0, 0.1) is 6.92 Å². The molecule has 31 heavy (non-hydrogen) atoms. The fraction of sp³-hybridized carbons (Fsp3) is 0.565. The number of allylic oxidation sites excluding steroid dienone is 2. The molecule has 0 bridgehead atoms. The van der Waals surface area contributed by atoms with Gasteiger partial charge in [-0.25, -0.2) is 4.79 Å². The molecule has 1 aromatic rings. The van der Waals surface area contributed by atoms with Gasteiger partial charge in [-0.2, -0.15) is 0 Å². The smallest absolute Gasteiger partial charge is 0.342 e. The lowest BCUT2D eigenvalue weighted by Gasteiger charge is -2.26. The number of phenols is 1. The van der Waals surface area contributed by atoms with Gasteiger partial charge in [0.15, 0.2) is 0 Å². The first kappa shape index (κ1) is 11.9. The van der Waals surface area contributed by atoms with Crippen molar-refractivity contribution in [3.8, 4) is 11.5 Å². The molecule has 1 fully saturated rings. The van der Waals surface area contributed by atoms with Gasteiger partial charge in [0.25, 0.3) is 0 Å². The Morgan fingerprint density at radius 1 is 1.35 bits per heavy atom. The first-order chi connectivity index (χ1) is 19.4. The third-order valence-corrected chi connectivity index (χ3v) is 4.77. The standard InChI is InChI=1S/C23H31NO7/c1-15(5-7-19(25)30-13-10-24-8-11-29-12-9-24)4-6-17-21(26)20-18(14-31-23(20)27)16(2)22(17)28-3/h4,26H,5-14H2,1-3H3/b15-4+/i8D2,9D2,10D2,11D2,12D2,13D2. The molecule has 0 saturated carbocycles. The average molecular weight is 446 g/mol. The van der Waals surface area contributed by atoms with E-state index in [1.165, 1.54) is 7.11 Å². The van der Waals surface area contributed by atoms with E-state index in [1.807, 2.05) is 0 Å². The highest BCUT2D eigenvalue weighted by Crippen LogP contribution is 2.42. The van der Waals surface area contributed by atoms with Crippen LogP contribution in [0.5, 0.6) is 11.5 Å². The van der Waals surface area contributed by atoms with Gasteiger partial charge in [0.05, 0.1) is 28.5 Å². The normalized spacial score (nSPS) is 29.9. The molecule has 0 atom stereocenters. The number of fused-ring (bicyclic) bond motifs is 1. The van der Waals surface area contributed by atoms with Gasteiger partial charge in [-0.1, -0.05) is 11.6 Å². The highest BCUT2D eigenvalue weighted by atomic mass is 16.5. The lowest BCUT2D eigenvalue weighted by Crippen LogP contribution is -2.38. The van der Waals surface area contributed by atoms with E-state index in [2.05, 4.69) is 9.47 Å². The highest BCUT2D eigenvalue weighted by molar-refractivity contribution is 5.98. The number of cyclic esters (lactones) is 1. The zero-order valence-electron chi connectivity index (χ0n) is 29.2. The van der Waals surface area contributed by atoms with E-state index < -0.39 is 62.4 Å². The summed E-state index contributed by atoms with van der Waals surface area (Å²) in [5.41, 5.74) is 1.97. The lowest BCUT2D eigenvalue weighted by atomic mass is 9.94. The molecule has 0 radical (unpaired) electrons. The minimum absolute atomic E-state index is 0.00649. The Kier molecular flexibility index (Phi) is 4.07. The van der Waals surface area contributed by atoms with E-state index in [1.54, 1.807) is 19.9 Å². The van der Waals surface area contributed by atoms with E-state index in [-0.39, 0.29) is 36.3 Å². The van der Waals surface area contributed by atoms with Gasteiger partial charge in [-0.15, -0.1) is 0 Å². The van der Waals surface area contributed by atoms with Crippen molar-refractivity contribution < 1.29 is 50.1 Å². The minimum atomic E-state index is -3.95. The van der Waals surface area contributed by atoms with Gasteiger partial charge in [-0.3, -0.25) is 9.69 Å². The Hall–Kier alpha value is -2.58. The van der Waals surface area contributed by atoms with Crippen LogP contribution < -0.4 is 4.74 Å². The molecule has 0 unspecified atom stereocenters. The zero-order chi connectivity index (χ0) is 33.1. The second kappa shape index (κ2) is 10.6. The molecule has 2 aliphatic heterocycles. The molecule has 0 aromatic heterocycles. The SMILES string of the molecule is [2H]C([2H])(OC(=O)CC/C(C)=C/Cc1c(O)c2c(c(C)c1OC)COC2=O)C([2H])([2H])N1C([2H])([2H])C([2H])([2H])OC([2H])([2H])C1([2H])[2H]. The summed E-state index contributed by atoms with van der Waals surface area (Å²) in [7, 11) is 1.39. The number of methoxy groups -OCH3 is 1. The van der Waals surface area contributed by atoms with Crippen molar-refractivity contribution in [2.75, 3.05) is 46.3 Å². The second-order valence-electron chi connectivity index (χ2n) is 6.72. The number of ether oxygens (including phenoxy) is 4. The van der Waals surface area contributed by atoms with Gasteiger partial charge in [0.2, 0.25) is 0 Å². The van der Waals surface area contributed by atoms with Gasteiger partial charge < -0.3 is 24.1 Å². The highest BCUT2D eigenvalue weighted by Gasteiger charge is 2.31. The Morgan fingerprint density at radius 2 is 2.10 bits per heavy atom. The van der Waals surface area contributed by atoms with Gasteiger partial charge >= 0.3 is 11.9 Å².